The van der Waals surface area contributed by atoms with Gasteiger partial charge in [-0.3, -0.25) is 14.4 Å². The van der Waals surface area contributed by atoms with Crippen LogP contribution in [0.3, 0.4) is 0 Å². The van der Waals surface area contributed by atoms with Crippen molar-refractivity contribution in [2.75, 3.05) is 62.4 Å². The molecular formula is C43H65N7O4S. The van der Waals surface area contributed by atoms with E-state index < -0.39 is 0 Å². The van der Waals surface area contributed by atoms with E-state index in [1.165, 1.54) is 16.9 Å². The zero-order valence-electron chi connectivity index (χ0n) is 33.4. The molecule has 2 aromatic rings. The molecular weight excluding hydrogens is 711 g/mol. The van der Waals surface area contributed by atoms with Crippen molar-refractivity contribution in [2.24, 2.45) is 0 Å². The molecule has 2 aliphatic heterocycles. The fraction of sp³-hybridized carbons (Fsp3) is 0.581. The molecule has 55 heavy (non-hydrogen) atoms. The molecule has 2 saturated heterocycles. The topological polar surface area (TPSA) is 135 Å². The molecule has 2 aliphatic rings. The summed E-state index contributed by atoms with van der Waals surface area (Å²) in [7, 11) is 4.09. The van der Waals surface area contributed by atoms with Gasteiger partial charge < -0.3 is 36.4 Å². The molecule has 11 nitrogen and oxygen atoms in total. The van der Waals surface area contributed by atoms with Gasteiger partial charge in [0.15, 0.2) is 0 Å². The van der Waals surface area contributed by atoms with Crippen LogP contribution in [-0.2, 0) is 14.4 Å². The summed E-state index contributed by atoms with van der Waals surface area (Å²) in [6.45, 7) is 5.88. The number of thioether (sulfide) groups is 1. The van der Waals surface area contributed by atoms with Crippen LogP contribution in [0, 0.1) is 0 Å². The highest BCUT2D eigenvalue weighted by Gasteiger charge is 2.42. The Morgan fingerprint density at radius 3 is 1.73 bits per heavy atom. The lowest BCUT2D eigenvalue weighted by molar-refractivity contribution is -0.122. The Balaban J connectivity index is 0.920. The molecule has 0 bridgehead atoms. The standard InChI is InChI=1S/C43H65N7O4S/c1-4-50(36-26-22-34(23-27-36)19-18-33-20-24-35(25-21-33)49(2)3)31-13-30-46-40(52)16-8-6-11-28-44-39(51)15-7-5-12-29-45-41(53)17-10-9-14-38-42-37(32-55-38)47-43(54)48-42/h18-27,37-38,42H,4-17,28-32H2,1-3H3,(H,44,51)(H,45,53)(H,46,52)(H2,47,48,54)/t37?,38-,42?/m0/s1. The predicted octanol–water partition coefficient (Wildman–Crippen LogP) is 6.33. The van der Waals surface area contributed by atoms with Gasteiger partial charge >= 0.3 is 6.03 Å². The van der Waals surface area contributed by atoms with Gasteiger partial charge in [0, 0.05) is 88.5 Å². The number of hydrogen-bond acceptors (Lipinski definition) is 7. The van der Waals surface area contributed by atoms with E-state index in [4.69, 9.17) is 0 Å². The van der Waals surface area contributed by atoms with Crippen LogP contribution in [-0.4, -0.2) is 93.7 Å². The highest BCUT2D eigenvalue weighted by molar-refractivity contribution is 8.00. The van der Waals surface area contributed by atoms with E-state index in [1.54, 1.807) is 0 Å². The Morgan fingerprint density at radius 2 is 1.20 bits per heavy atom. The molecule has 0 aromatic heterocycles. The van der Waals surface area contributed by atoms with E-state index in [2.05, 4.69) is 104 Å². The van der Waals surface area contributed by atoms with Gasteiger partial charge in [0.25, 0.3) is 0 Å². The Bertz CT molecular complexity index is 1500. The lowest BCUT2D eigenvalue weighted by Gasteiger charge is -2.23. The molecule has 0 spiro atoms. The molecule has 4 rings (SSSR count). The smallest absolute Gasteiger partial charge is 0.315 e. The summed E-state index contributed by atoms with van der Waals surface area (Å²) in [6, 6.07) is 17.5. The van der Waals surface area contributed by atoms with Gasteiger partial charge in [0.1, 0.15) is 0 Å². The summed E-state index contributed by atoms with van der Waals surface area (Å²) >= 11 is 1.91. The maximum Gasteiger partial charge on any atom is 0.315 e. The molecule has 2 unspecified atom stereocenters. The van der Waals surface area contributed by atoms with Gasteiger partial charge in [-0.05, 0) is 87.3 Å². The minimum Gasteiger partial charge on any atom is -0.378 e. The quantitative estimate of drug-likeness (QED) is 0.0428. The van der Waals surface area contributed by atoms with Crippen molar-refractivity contribution < 1.29 is 19.2 Å². The fourth-order valence-corrected chi connectivity index (χ4v) is 8.55. The summed E-state index contributed by atoms with van der Waals surface area (Å²) in [5.74, 6) is 1.21. The van der Waals surface area contributed by atoms with Gasteiger partial charge in [0.05, 0.1) is 12.1 Å². The number of hydrogen-bond donors (Lipinski definition) is 5. The Hall–Kier alpha value is -4.19. The van der Waals surface area contributed by atoms with Gasteiger partial charge in [-0.25, -0.2) is 4.79 Å². The number of unbranched alkanes of at least 4 members (excludes halogenated alkanes) is 5. The molecule has 302 valence electrons. The minimum atomic E-state index is -0.0574. The lowest BCUT2D eigenvalue weighted by Crippen LogP contribution is -2.36. The van der Waals surface area contributed by atoms with Crippen LogP contribution in [0.4, 0.5) is 16.2 Å². The molecule has 2 fully saturated rings. The van der Waals surface area contributed by atoms with Crippen LogP contribution < -0.4 is 36.4 Å². The van der Waals surface area contributed by atoms with E-state index in [9.17, 15) is 19.2 Å². The molecule has 2 heterocycles. The molecule has 5 amide bonds. The van der Waals surface area contributed by atoms with E-state index in [0.29, 0.717) is 44.1 Å². The van der Waals surface area contributed by atoms with E-state index >= 15 is 0 Å². The summed E-state index contributed by atoms with van der Waals surface area (Å²) in [4.78, 5) is 52.6. The second-order valence-electron chi connectivity index (χ2n) is 14.9. The van der Waals surface area contributed by atoms with Crippen LogP contribution in [0.1, 0.15) is 102 Å². The first-order valence-corrected chi connectivity index (χ1v) is 21.6. The van der Waals surface area contributed by atoms with E-state index in [1.807, 2.05) is 25.9 Å². The average molecular weight is 776 g/mol. The van der Waals surface area contributed by atoms with Crippen LogP contribution >= 0.6 is 11.8 Å². The fourth-order valence-electron chi connectivity index (χ4n) is 7.01. The van der Waals surface area contributed by atoms with Crippen molar-refractivity contribution in [3.8, 4) is 0 Å². The maximum atomic E-state index is 12.4. The third-order valence-electron chi connectivity index (χ3n) is 10.3. The summed E-state index contributed by atoms with van der Waals surface area (Å²) in [5, 5.41) is 15.5. The number of urea groups is 1. The normalized spacial score (nSPS) is 17.4. The van der Waals surface area contributed by atoms with E-state index in [-0.39, 0.29) is 35.8 Å². The van der Waals surface area contributed by atoms with E-state index in [0.717, 1.165) is 88.6 Å². The average Bonchev–Trinajstić information content (AvgIpc) is 3.74. The van der Waals surface area contributed by atoms with Crippen LogP contribution in [0.2, 0.25) is 0 Å². The number of nitrogens with one attached hydrogen (secondary N) is 5. The Morgan fingerprint density at radius 1 is 0.691 bits per heavy atom. The third-order valence-corrected chi connectivity index (χ3v) is 11.8. The summed E-state index contributed by atoms with van der Waals surface area (Å²) in [5.41, 5.74) is 4.71. The first kappa shape index (κ1) is 43.5. The molecule has 12 heteroatoms. The first-order chi connectivity index (χ1) is 26.7. The molecule has 2 aromatic carbocycles. The van der Waals surface area contributed by atoms with Gasteiger partial charge in [-0.1, -0.05) is 55.7 Å². The van der Waals surface area contributed by atoms with Crippen molar-refractivity contribution in [1.82, 2.24) is 26.6 Å². The number of anilines is 2. The summed E-state index contributed by atoms with van der Waals surface area (Å²) in [6.07, 6.45) is 14.7. The molecule has 5 N–H and O–H groups in total. The number of fused-ring (bicyclic) bond motifs is 1. The second-order valence-corrected chi connectivity index (χ2v) is 16.2. The number of carbonyl (C=O) groups excluding carboxylic acids is 4. The maximum absolute atomic E-state index is 12.4. The van der Waals surface area contributed by atoms with Crippen LogP contribution in [0.25, 0.3) is 12.2 Å². The predicted molar refractivity (Wildman–Crippen MR) is 229 cm³/mol. The molecule has 0 saturated carbocycles. The first-order valence-electron chi connectivity index (χ1n) is 20.5. The second kappa shape index (κ2) is 24.3. The highest BCUT2D eigenvalue weighted by atomic mass is 32.2. The largest absolute Gasteiger partial charge is 0.378 e. The number of carbonyl (C=O) groups is 4. The van der Waals surface area contributed by atoms with Gasteiger partial charge in [0.2, 0.25) is 17.7 Å². The Kier molecular flexibility index (Phi) is 19.3. The Labute approximate surface area is 333 Å². The van der Waals surface area contributed by atoms with Gasteiger partial charge in [-0.15, -0.1) is 0 Å². The molecule has 0 radical (unpaired) electrons. The molecule has 0 aliphatic carbocycles. The highest BCUT2D eigenvalue weighted by Crippen LogP contribution is 2.33. The number of benzene rings is 2. The van der Waals surface area contributed by atoms with Crippen molar-refractivity contribution in [2.45, 2.75) is 108 Å². The summed E-state index contributed by atoms with van der Waals surface area (Å²) < 4.78 is 0. The van der Waals surface area contributed by atoms with Crippen molar-refractivity contribution in [3.63, 3.8) is 0 Å². The third kappa shape index (κ3) is 16.2. The van der Waals surface area contributed by atoms with Gasteiger partial charge in [-0.2, -0.15) is 11.8 Å². The monoisotopic (exact) mass is 775 g/mol. The molecule has 3 atom stereocenters. The number of rotatable bonds is 26. The zero-order chi connectivity index (χ0) is 39.3. The van der Waals surface area contributed by atoms with Crippen molar-refractivity contribution >= 4 is 59.0 Å². The van der Waals surface area contributed by atoms with Crippen molar-refractivity contribution in [1.29, 1.82) is 0 Å². The van der Waals surface area contributed by atoms with Crippen molar-refractivity contribution in [3.05, 3.63) is 59.7 Å². The SMILES string of the molecule is CCN(CCCNC(=O)CCCCCNC(=O)CCCCCNC(=O)CCCC[C@@H]1SCC2NC(=O)NC21)c1ccc(C=Cc2ccc(N(C)C)cc2)cc1. The number of nitrogens with zero attached hydrogens (tertiary/aromatic N) is 2. The number of amides is 5. The minimum absolute atomic E-state index is 0.0574. The van der Waals surface area contributed by atoms with Crippen LogP contribution in [0.15, 0.2) is 48.5 Å². The van der Waals surface area contributed by atoms with Crippen LogP contribution in [0.5, 0.6) is 0 Å². The lowest BCUT2D eigenvalue weighted by atomic mass is 10.0. The zero-order valence-corrected chi connectivity index (χ0v) is 34.2.